The van der Waals surface area contributed by atoms with Gasteiger partial charge >= 0.3 is 0 Å². The lowest BCUT2D eigenvalue weighted by Gasteiger charge is -2.26. The molecule has 7 atom stereocenters. The normalized spacial score (nSPS) is 22.4. The van der Waals surface area contributed by atoms with Crippen LogP contribution in [0.2, 0.25) is 0 Å². The standard InChI is InChI=1S/C17H26O3S.C16H24O3S/c1-3-5-11-19-17-15(20-14(4-2)16(17)18)12-21-13-9-7-6-8-10-13;1-3-5-11-19-16(14(17)4-2)15(18)12-20-13-9-7-6-8-10-13/h6-10,14-18H,3-5,11-12H2,1-2H3;4,6-10,14-18H,2-3,5,11-12H2,1H3/t14-,15+,16?,17?;/m0./s1. The van der Waals surface area contributed by atoms with Crippen molar-refractivity contribution >= 4 is 23.5 Å². The molecule has 0 bridgehead atoms. The molecule has 8 heteroatoms. The van der Waals surface area contributed by atoms with Gasteiger partial charge in [-0.05, 0) is 43.5 Å². The van der Waals surface area contributed by atoms with Gasteiger partial charge in [-0.3, -0.25) is 0 Å². The molecular formula is C33H50O6S2. The molecule has 0 spiro atoms. The molecule has 1 aliphatic heterocycles. The number of unbranched alkanes of at least 4 members (excludes halogenated alkanes) is 2. The highest BCUT2D eigenvalue weighted by atomic mass is 32.2. The van der Waals surface area contributed by atoms with E-state index in [2.05, 4.69) is 32.6 Å². The number of aliphatic hydroxyl groups is 3. The van der Waals surface area contributed by atoms with Gasteiger partial charge in [0.15, 0.2) is 0 Å². The van der Waals surface area contributed by atoms with E-state index in [4.69, 9.17) is 14.2 Å². The van der Waals surface area contributed by atoms with Crippen LogP contribution >= 0.6 is 23.5 Å². The van der Waals surface area contributed by atoms with Crippen molar-refractivity contribution in [3.8, 4) is 0 Å². The SMILES string of the molecule is C=CC(O)C(OCCCC)C(O)CSc1ccccc1.CCCCOC1C(O)[C@H](CC)O[C@@H]1CSc1ccccc1. The molecule has 0 aromatic heterocycles. The molecule has 0 saturated carbocycles. The van der Waals surface area contributed by atoms with Crippen LogP contribution in [0.25, 0.3) is 0 Å². The third-order valence-corrected chi connectivity index (χ3v) is 8.95. The highest BCUT2D eigenvalue weighted by Gasteiger charge is 2.43. The molecule has 0 radical (unpaired) electrons. The topological polar surface area (TPSA) is 88.4 Å². The number of rotatable bonds is 18. The summed E-state index contributed by atoms with van der Waals surface area (Å²) in [5, 5.41) is 30.4. The monoisotopic (exact) mass is 606 g/mol. The number of hydrogen-bond donors (Lipinski definition) is 3. The van der Waals surface area contributed by atoms with Gasteiger partial charge in [0, 0.05) is 34.5 Å². The summed E-state index contributed by atoms with van der Waals surface area (Å²) in [6.45, 7) is 11.1. The molecule has 1 heterocycles. The van der Waals surface area contributed by atoms with E-state index in [9.17, 15) is 15.3 Å². The first kappa shape index (κ1) is 35.8. The lowest BCUT2D eigenvalue weighted by molar-refractivity contribution is -0.0780. The molecule has 41 heavy (non-hydrogen) atoms. The largest absolute Gasteiger partial charge is 0.389 e. The van der Waals surface area contributed by atoms with E-state index in [-0.39, 0.29) is 18.3 Å². The van der Waals surface area contributed by atoms with Crippen LogP contribution in [0.1, 0.15) is 52.9 Å². The van der Waals surface area contributed by atoms with Crippen molar-refractivity contribution in [1.82, 2.24) is 0 Å². The number of hydrogen-bond acceptors (Lipinski definition) is 8. The minimum absolute atomic E-state index is 0.0352. The average molecular weight is 607 g/mol. The Kier molecular flexibility index (Phi) is 18.7. The van der Waals surface area contributed by atoms with E-state index in [0.717, 1.165) is 42.8 Å². The Morgan fingerprint density at radius 2 is 1.46 bits per heavy atom. The van der Waals surface area contributed by atoms with Crippen LogP contribution < -0.4 is 0 Å². The van der Waals surface area contributed by atoms with E-state index < -0.39 is 24.4 Å². The summed E-state index contributed by atoms with van der Waals surface area (Å²) < 4.78 is 17.5. The quantitative estimate of drug-likeness (QED) is 0.102. The zero-order chi connectivity index (χ0) is 29.9. The Labute approximate surface area is 255 Å². The van der Waals surface area contributed by atoms with E-state index in [0.29, 0.717) is 19.0 Å². The zero-order valence-corrected chi connectivity index (χ0v) is 26.5. The van der Waals surface area contributed by atoms with Gasteiger partial charge in [0.1, 0.15) is 24.4 Å². The summed E-state index contributed by atoms with van der Waals surface area (Å²) in [5.74, 6) is 1.29. The molecule has 1 aliphatic rings. The second kappa shape index (κ2) is 21.3. The minimum atomic E-state index is -0.849. The van der Waals surface area contributed by atoms with E-state index in [1.54, 1.807) is 23.5 Å². The summed E-state index contributed by atoms with van der Waals surface area (Å²) in [6, 6.07) is 20.2. The van der Waals surface area contributed by atoms with E-state index >= 15 is 0 Å². The van der Waals surface area contributed by atoms with Crippen LogP contribution in [0.4, 0.5) is 0 Å². The van der Waals surface area contributed by atoms with Gasteiger partial charge in [-0.25, -0.2) is 0 Å². The van der Waals surface area contributed by atoms with Gasteiger partial charge in [0.2, 0.25) is 0 Å². The number of ether oxygens (including phenoxy) is 3. The van der Waals surface area contributed by atoms with Crippen LogP contribution in [-0.2, 0) is 14.2 Å². The minimum Gasteiger partial charge on any atom is -0.389 e. The molecule has 230 valence electrons. The fraction of sp³-hybridized carbons (Fsp3) is 0.576. The third-order valence-electron chi connectivity index (χ3n) is 6.73. The number of thioether (sulfide) groups is 2. The Morgan fingerprint density at radius 1 is 0.878 bits per heavy atom. The molecule has 5 unspecified atom stereocenters. The van der Waals surface area contributed by atoms with Crippen molar-refractivity contribution in [3.63, 3.8) is 0 Å². The smallest absolute Gasteiger partial charge is 0.114 e. The predicted octanol–water partition coefficient (Wildman–Crippen LogP) is 6.37. The van der Waals surface area contributed by atoms with Crippen molar-refractivity contribution in [2.24, 2.45) is 0 Å². The average Bonchev–Trinajstić information content (AvgIpc) is 3.32. The van der Waals surface area contributed by atoms with Gasteiger partial charge in [0.05, 0.1) is 18.3 Å². The van der Waals surface area contributed by atoms with Gasteiger partial charge < -0.3 is 29.5 Å². The molecule has 2 aromatic rings. The van der Waals surface area contributed by atoms with E-state index in [1.807, 2.05) is 55.5 Å². The molecule has 1 fully saturated rings. The molecule has 0 aliphatic carbocycles. The number of benzene rings is 2. The second-order valence-corrected chi connectivity index (χ2v) is 12.2. The van der Waals surface area contributed by atoms with Crippen LogP contribution in [0.5, 0.6) is 0 Å². The van der Waals surface area contributed by atoms with Crippen molar-refractivity contribution in [3.05, 3.63) is 73.3 Å². The lowest BCUT2D eigenvalue weighted by atomic mass is 10.1. The molecule has 3 N–H and O–H groups in total. The fourth-order valence-electron chi connectivity index (χ4n) is 4.28. The zero-order valence-electron chi connectivity index (χ0n) is 24.8. The van der Waals surface area contributed by atoms with Gasteiger partial charge in [-0.15, -0.1) is 30.1 Å². The molecule has 2 aromatic carbocycles. The van der Waals surface area contributed by atoms with Crippen molar-refractivity contribution < 1.29 is 29.5 Å². The second-order valence-electron chi connectivity index (χ2n) is 10.0. The summed E-state index contributed by atoms with van der Waals surface area (Å²) in [6.07, 6.45) is 3.26. The molecule has 6 nitrogen and oxygen atoms in total. The lowest BCUT2D eigenvalue weighted by Crippen LogP contribution is -2.40. The third kappa shape index (κ3) is 13.2. The van der Waals surface area contributed by atoms with Crippen LogP contribution in [-0.4, -0.2) is 82.8 Å². The fourth-order valence-corrected chi connectivity index (χ4v) is 6.16. The van der Waals surface area contributed by atoms with E-state index in [1.165, 1.54) is 11.0 Å². The Bertz CT molecular complexity index is 918. The summed E-state index contributed by atoms with van der Waals surface area (Å²) in [5.41, 5.74) is 0. The maximum absolute atomic E-state index is 10.4. The maximum Gasteiger partial charge on any atom is 0.114 e. The van der Waals surface area contributed by atoms with Crippen LogP contribution in [0.3, 0.4) is 0 Å². The Morgan fingerprint density at radius 3 is 2.02 bits per heavy atom. The number of aliphatic hydroxyl groups excluding tert-OH is 3. The summed E-state index contributed by atoms with van der Waals surface area (Å²) in [7, 11) is 0. The van der Waals surface area contributed by atoms with Crippen molar-refractivity contribution in [2.75, 3.05) is 24.7 Å². The van der Waals surface area contributed by atoms with Crippen molar-refractivity contribution in [2.45, 2.75) is 105 Å². The van der Waals surface area contributed by atoms with Gasteiger partial charge in [-0.1, -0.05) is 76.1 Å². The summed E-state index contributed by atoms with van der Waals surface area (Å²) in [4.78, 5) is 2.31. The van der Waals surface area contributed by atoms with Gasteiger partial charge in [0.25, 0.3) is 0 Å². The Balaban J connectivity index is 0.000000287. The Hall–Kier alpha value is -1.36. The first-order chi connectivity index (χ1) is 19.9. The first-order valence-corrected chi connectivity index (χ1v) is 16.8. The van der Waals surface area contributed by atoms with Gasteiger partial charge in [-0.2, -0.15) is 0 Å². The predicted molar refractivity (Wildman–Crippen MR) is 171 cm³/mol. The van der Waals surface area contributed by atoms with Crippen LogP contribution in [0, 0.1) is 0 Å². The molecule has 3 rings (SSSR count). The summed E-state index contributed by atoms with van der Waals surface area (Å²) >= 11 is 3.31. The highest BCUT2D eigenvalue weighted by molar-refractivity contribution is 7.99. The first-order valence-electron chi connectivity index (χ1n) is 14.9. The molecular weight excluding hydrogens is 556 g/mol. The maximum atomic E-state index is 10.4. The molecule has 0 amide bonds. The van der Waals surface area contributed by atoms with Crippen LogP contribution in [0.15, 0.2) is 83.1 Å². The highest BCUT2D eigenvalue weighted by Crippen LogP contribution is 2.30. The van der Waals surface area contributed by atoms with Crippen molar-refractivity contribution in [1.29, 1.82) is 0 Å². The molecule has 1 saturated heterocycles.